The smallest absolute Gasteiger partial charge is 0.237 e. The third kappa shape index (κ3) is 4.20. The Hall–Kier alpha value is -0.570. The fourth-order valence-corrected chi connectivity index (χ4v) is 4.33. The topological polar surface area (TPSA) is 41.1 Å². The van der Waals surface area contributed by atoms with Crippen molar-refractivity contribution in [1.29, 1.82) is 0 Å². The molecular formula is C16H30N2O. The van der Waals surface area contributed by atoms with Gasteiger partial charge in [-0.15, -0.1) is 0 Å². The Morgan fingerprint density at radius 2 is 1.74 bits per heavy atom. The van der Waals surface area contributed by atoms with Crippen molar-refractivity contribution in [3.63, 3.8) is 0 Å². The summed E-state index contributed by atoms with van der Waals surface area (Å²) in [5, 5.41) is 6.64. The molecule has 1 saturated carbocycles. The van der Waals surface area contributed by atoms with Crippen molar-refractivity contribution < 1.29 is 4.79 Å². The normalized spacial score (nSPS) is 30.8. The van der Waals surface area contributed by atoms with Gasteiger partial charge in [-0.2, -0.15) is 0 Å². The summed E-state index contributed by atoms with van der Waals surface area (Å²) in [5.74, 6) is 0.221. The van der Waals surface area contributed by atoms with Crippen LogP contribution in [0.25, 0.3) is 0 Å². The monoisotopic (exact) mass is 266 g/mol. The Labute approximate surface area is 117 Å². The fourth-order valence-electron chi connectivity index (χ4n) is 4.33. The minimum Gasteiger partial charge on any atom is -0.352 e. The van der Waals surface area contributed by atoms with Crippen LogP contribution >= 0.6 is 0 Å². The number of piperidine rings is 1. The Bertz CT molecular complexity index is 314. The van der Waals surface area contributed by atoms with Crippen LogP contribution < -0.4 is 10.6 Å². The number of carbonyl (C=O) groups is 1. The molecule has 2 rings (SSSR count). The predicted molar refractivity (Wildman–Crippen MR) is 79.0 cm³/mol. The highest BCUT2D eigenvalue weighted by Gasteiger charge is 2.39. The second-order valence-electron chi connectivity index (χ2n) is 8.12. The van der Waals surface area contributed by atoms with E-state index in [0.29, 0.717) is 16.9 Å². The molecule has 3 nitrogen and oxygen atoms in total. The van der Waals surface area contributed by atoms with Crippen LogP contribution in [0.1, 0.15) is 66.2 Å². The molecule has 1 saturated heterocycles. The van der Waals surface area contributed by atoms with Crippen LogP contribution in [0.4, 0.5) is 0 Å². The molecule has 0 aromatic heterocycles. The molecule has 1 heterocycles. The number of rotatable bonds is 2. The molecule has 0 spiro atoms. The highest BCUT2D eigenvalue weighted by molar-refractivity contribution is 5.82. The molecule has 2 N–H and O–H groups in total. The third-order valence-electron chi connectivity index (χ3n) is 4.53. The second-order valence-corrected chi connectivity index (χ2v) is 8.12. The van der Waals surface area contributed by atoms with E-state index in [2.05, 4.69) is 38.3 Å². The van der Waals surface area contributed by atoms with E-state index in [1.54, 1.807) is 0 Å². The molecule has 2 aliphatic rings. The maximum Gasteiger partial charge on any atom is 0.237 e. The van der Waals surface area contributed by atoms with E-state index in [4.69, 9.17) is 0 Å². The standard InChI is InChI=1S/C16H30N2O/c1-15(2)9-12(10-16(3,4)11-15)18-14(19)13-7-5-6-8-17-13/h12-13,17H,5-11H2,1-4H3,(H,18,19)/t13-/m1/s1. The van der Waals surface area contributed by atoms with Crippen molar-refractivity contribution in [2.75, 3.05) is 6.54 Å². The molecular weight excluding hydrogens is 236 g/mol. The molecule has 1 aliphatic carbocycles. The van der Waals surface area contributed by atoms with Gasteiger partial charge in [0.05, 0.1) is 6.04 Å². The first-order valence-electron chi connectivity index (χ1n) is 7.81. The summed E-state index contributed by atoms with van der Waals surface area (Å²) in [5.41, 5.74) is 0.666. The molecule has 0 unspecified atom stereocenters. The summed E-state index contributed by atoms with van der Waals surface area (Å²) in [6, 6.07) is 0.386. The number of hydrogen-bond donors (Lipinski definition) is 2. The van der Waals surface area contributed by atoms with Gasteiger partial charge < -0.3 is 10.6 Å². The molecule has 0 radical (unpaired) electrons. The summed E-state index contributed by atoms with van der Waals surface area (Å²) in [7, 11) is 0. The second kappa shape index (κ2) is 5.43. The van der Waals surface area contributed by atoms with E-state index in [1.807, 2.05) is 0 Å². The lowest BCUT2D eigenvalue weighted by molar-refractivity contribution is -0.125. The minimum absolute atomic E-state index is 0.0434. The minimum atomic E-state index is 0.0434. The van der Waals surface area contributed by atoms with Gasteiger partial charge in [-0.05, 0) is 49.5 Å². The molecule has 0 bridgehead atoms. The van der Waals surface area contributed by atoms with E-state index in [-0.39, 0.29) is 11.9 Å². The summed E-state index contributed by atoms with van der Waals surface area (Å²) < 4.78 is 0. The highest BCUT2D eigenvalue weighted by atomic mass is 16.2. The van der Waals surface area contributed by atoms with Gasteiger partial charge in [0, 0.05) is 6.04 Å². The zero-order valence-electron chi connectivity index (χ0n) is 13.0. The first-order chi connectivity index (χ1) is 8.77. The summed E-state index contributed by atoms with van der Waals surface area (Å²) in [6.07, 6.45) is 6.82. The summed E-state index contributed by atoms with van der Waals surface area (Å²) >= 11 is 0. The Morgan fingerprint density at radius 3 is 2.26 bits per heavy atom. The van der Waals surface area contributed by atoms with Gasteiger partial charge in [0.15, 0.2) is 0 Å². The van der Waals surface area contributed by atoms with Gasteiger partial charge in [-0.25, -0.2) is 0 Å². The van der Waals surface area contributed by atoms with Gasteiger partial charge >= 0.3 is 0 Å². The van der Waals surface area contributed by atoms with E-state index in [1.165, 1.54) is 19.3 Å². The zero-order chi connectivity index (χ0) is 14.1. The van der Waals surface area contributed by atoms with Crippen LogP contribution in [0, 0.1) is 10.8 Å². The number of amides is 1. The van der Waals surface area contributed by atoms with Gasteiger partial charge in [-0.3, -0.25) is 4.79 Å². The van der Waals surface area contributed by atoms with Crippen molar-refractivity contribution in [3.8, 4) is 0 Å². The lowest BCUT2D eigenvalue weighted by Gasteiger charge is -2.45. The van der Waals surface area contributed by atoms with E-state index >= 15 is 0 Å². The molecule has 19 heavy (non-hydrogen) atoms. The molecule has 0 aromatic carbocycles. The van der Waals surface area contributed by atoms with Gasteiger partial charge in [-0.1, -0.05) is 34.1 Å². The quantitative estimate of drug-likeness (QED) is 0.807. The number of nitrogens with one attached hydrogen (secondary N) is 2. The summed E-state index contributed by atoms with van der Waals surface area (Å²) in [4.78, 5) is 12.3. The molecule has 0 aromatic rings. The van der Waals surface area contributed by atoms with E-state index in [0.717, 1.165) is 25.8 Å². The van der Waals surface area contributed by atoms with Crippen molar-refractivity contribution in [2.24, 2.45) is 10.8 Å². The molecule has 1 aliphatic heterocycles. The predicted octanol–water partition coefficient (Wildman–Crippen LogP) is 2.85. The molecule has 1 amide bonds. The number of hydrogen-bond acceptors (Lipinski definition) is 2. The highest BCUT2D eigenvalue weighted by Crippen LogP contribution is 2.45. The average molecular weight is 266 g/mol. The van der Waals surface area contributed by atoms with E-state index in [9.17, 15) is 4.79 Å². The van der Waals surface area contributed by atoms with Crippen LogP contribution in [0.2, 0.25) is 0 Å². The van der Waals surface area contributed by atoms with Crippen LogP contribution in [0.3, 0.4) is 0 Å². The van der Waals surface area contributed by atoms with Crippen molar-refractivity contribution >= 4 is 5.91 Å². The maximum atomic E-state index is 12.3. The first-order valence-corrected chi connectivity index (χ1v) is 7.81. The largest absolute Gasteiger partial charge is 0.352 e. The SMILES string of the molecule is CC1(C)CC(NC(=O)[C@H]2CCCCN2)CC(C)(C)C1. The van der Waals surface area contributed by atoms with Crippen LogP contribution in [-0.2, 0) is 4.79 Å². The first kappa shape index (κ1) is 14.8. The van der Waals surface area contributed by atoms with Crippen molar-refractivity contribution in [2.45, 2.75) is 78.3 Å². The van der Waals surface area contributed by atoms with Gasteiger partial charge in [0.2, 0.25) is 5.91 Å². The molecule has 110 valence electrons. The lowest BCUT2D eigenvalue weighted by atomic mass is 9.63. The lowest BCUT2D eigenvalue weighted by Crippen LogP contribution is -2.52. The molecule has 3 heteroatoms. The fraction of sp³-hybridized carbons (Fsp3) is 0.938. The average Bonchev–Trinajstić information content (AvgIpc) is 2.25. The molecule has 1 atom stereocenters. The van der Waals surface area contributed by atoms with Crippen LogP contribution in [0.15, 0.2) is 0 Å². The van der Waals surface area contributed by atoms with E-state index < -0.39 is 0 Å². The van der Waals surface area contributed by atoms with Crippen LogP contribution in [-0.4, -0.2) is 24.5 Å². The molecule has 2 fully saturated rings. The van der Waals surface area contributed by atoms with Crippen molar-refractivity contribution in [1.82, 2.24) is 10.6 Å². The number of carbonyl (C=O) groups excluding carboxylic acids is 1. The van der Waals surface area contributed by atoms with Gasteiger partial charge in [0.25, 0.3) is 0 Å². The van der Waals surface area contributed by atoms with Crippen molar-refractivity contribution in [3.05, 3.63) is 0 Å². The summed E-state index contributed by atoms with van der Waals surface area (Å²) in [6.45, 7) is 10.3. The van der Waals surface area contributed by atoms with Gasteiger partial charge in [0.1, 0.15) is 0 Å². The van der Waals surface area contributed by atoms with Crippen LogP contribution in [0.5, 0.6) is 0 Å². The Balaban J connectivity index is 1.92. The maximum absolute atomic E-state index is 12.3. The Morgan fingerprint density at radius 1 is 1.11 bits per heavy atom. The zero-order valence-corrected chi connectivity index (χ0v) is 13.0. The Kier molecular flexibility index (Phi) is 4.24. The third-order valence-corrected chi connectivity index (χ3v) is 4.53.